The van der Waals surface area contributed by atoms with Gasteiger partial charge in [0.1, 0.15) is 11.8 Å². The number of hydrogen-bond donors (Lipinski definition) is 0. The fourth-order valence-corrected chi connectivity index (χ4v) is 3.71. The molecule has 0 bridgehead atoms. The second kappa shape index (κ2) is 10.5. The van der Waals surface area contributed by atoms with E-state index < -0.39 is 0 Å². The second-order valence-corrected chi connectivity index (χ2v) is 6.77. The maximum absolute atomic E-state index is 9.70. The molecule has 2 unspecified atom stereocenters. The molecule has 0 spiro atoms. The van der Waals surface area contributed by atoms with Gasteiger partial charge in [0.2, 0.25) is 6.19 Å². The fraction of sp³-hybridized carbons (Fsp3) is 0.571. The number of nitriles is 2. The van der Waals surface area contributed by atoms with Crippen molar-refractivity contribution in [2.24, 2.45) is 10.9 Å². The Morgan fingerprint density at radius 2 is 1.80 bits per heavy atom. The monoisotopic (exact) mass is 336 g/mol. The number of aliphatic imine (C=N–C) groups is 1. The van der Waals surface area contributed by atoms with E-state index in [-0.39, 0.29) is 5.92 Å². The maximum atomic E-state index is 9.70. The van der Waals surface area contributed by atoms with Gasteiger partial charge in [-0.25, -0.2) is 0 Å². The van der Waals surface area contributed by atoms with E-state index in [1.807, 2.05) is 12.3 Å². The third-order valence-electron chi connectivity index (χ3n) is 5.02. The largest absolute Gasteiger partial charge is 0.358 e. The first kappa shape index (κ1) is 19.0. The lowest BCUT2D eigenvalue weighted by Gasteiger charge is -2.31. The highest BCUT2D eigenvalue weighted by molar-refractivity contribution is 5.87. The molecule has 0 N–H and O–H groups in total. The average molecular weight is 336 g/mol. The Bertz CT molecular complexity index is 618. The molecule has 25 heavy (non-hydrogen) atoms. The lowest BCUT2D eigenvalue weighted by molar-refractivity contribution is 0.328. The molecular formula is C21H28N4. The molecule has 1 aromatic rings. The van der Waals surface area contributed by atoms with Crippen LogP contribution in [0.5, 0.6) is 0 Å². The van der Waals surface area contributed by atoms with E-state index in [4.69, 9.17) is 5.26 Å². The fourth-order valence-electron chi connectivity index (χ4n) is 3.71. The van der Waals surface area contributed by atoms with Crippen LogP contribution in [0.25, 0.3) is 0 Å². The number of likely N-dealkylation sites (tertiary alicyclic amines) is 1. The Hall–Kier alpha value is -2.33. The van der Waals surface area contributed by atoms with Crippen molar-refractivity contribution in [1.29, 1.82) is 10.5 Å². The molecule has 1 fully saturated rings. The summed E-state index contributed by atoms with van der Waals surface area (Å²) in [7, 11) is 0. The van der Waals surface area contributed by atoms with Crippen LogP contribution in [-0.4, -0.2) is 23.8 Å². The molecule has 1 aliphatic rings. The standard InChI is InChI=1S/C21H28N4/c1-2-9-18(19-10-5-3-6-11-19)12-13-20(16-22)21(24-17-23)25-14-7-4-8-15-25/h3,5-6,10-11,18,20H,2,4,7-9,12-15H2,1H3/b24-21-. The summed E-state index contributed by atoms with van der Waals surface area (Å²) in [6.45, 7) is 4.03. The molecule has 1 aliphatic heterocycles. The van der Waals surface area contributed by atoms with Crippen molar-refractivity contribution < 1.29 is 0 Å². The summed E-state index contributed by atoms with van der Waals surface area (Å²) in [6.07, 6.45) is 9.33. The molecule has 0 amide bonds. The van der Waals surface area contributed by atoms with Crippen LogP contribution in [0.1, 0.15) is 63.4 Å². The van der Waals surface area contributed by atoms with E-state index in [1.165, 1.54) is 12.0 Å². The first-order valence-corrected chi connectivity index (χ1v) is 9.46. The van der Waals surface area contributed by atoms with Crippen LogP contribution >= 0.6 is 0 Å². The van der Waals surface area contributed by atoms with Gasteiger partial charge in [0.05, 0.1) is 6.07 Å². The van der Waals surface area contributed by atoms with Gasteiger partial charge in [-0.1, -0.05) is 43.7 Å². The molecule has 132 valence electrons. The number of benzene rings is 1. The summed E-state index contributed by atoms with van der Waals surface area (Å²) < 4.78 is 0. The highest BCUT2D eigenvalue weighted by atomic mass is 15.2. The third-order valence-corrected chi connectivity index (χ3v) is 5.02. The van der Waals surface area contributed by atoms with Crippen LogP contribution in [0, 0.1) is 28.7 Å². The van der Waals surface area contributed by atoms with Gasteiger partial charge in [0.25, 0.3) is 0 Å². The van der Waals surface area contributed by atoms with Crippen molar-refractivity contribution in [3.63, 3.8) is 0 Å². The highest BCUT2D eigenvalue weighted by Gasteiger charge is 2.25. The zero-order valence-electron chi connectivity index (χ0n) is 15.2. The van der Waals surface area contributed by atoms with E-state index in [2.05, 4.69) is 47.2 Å². The van der Waals surface area contributed by atoms with Crippen molar-refractivity contribution in [1.82, 2.24) is 4.90 Å². The predicted octanol–water partition coefficient (Wildman–Crippen LogP) is 4.86. The van der Waals surface area contributed by atoms with Crippen LogP contribution in [-0.2, 0) is 0 Å². The maximum Gasteiger partial charge on any atom is 0.207 e. The van der Waals surface area contributed by atoms with Gasteiger partial charge in [0.15, 0.2) is 0 Å². The van der Waals surface area contributed by atoms with E-state index in [0.29, 0.717) is 11.8 Å². The predicted molar refractivity (Wildman–Crippen MR) is 101 cm³/mol. The summed E-state index contributed by atoms with van der Waals surface area (Å²) >= 11 is 0. The second-order valence-electron chi connectivity index (χ2n) is 6.77. The van der Waals surface area contributed by atoms with E-state index >= 15 is 0 Å². The van der Waals surface area contributed by atoms with Crippen molar-refractivity contribution in [3.8, 4) is 12.3 Å². The smallest absolute Gasteiger partial charge is 0.207 e. The molecular weight excluding hydrogens is 308 g/mol. The summed E-state index contributed by atoms with van der Waals surface area (Å²) in [4.78, 5) is 6.19. The number of rotatable bonds is 7. The van der Waals surface area contributed by atoms with Crippen LogP contribution in [0.3, 0.4) is 0 Å². The number of hydrogen-bond acceptors (Lipinski definition) is 3. The van der Waals surface area contributed by atoms with Crippen LogP contribution in [0.4, 0.5) is 0 Å². The van der Waals surface area contributed by atoms with Gasteiger partial charge in [-0.15, -0.1) is 0 Å². The van der Waals surface area contributed by atoms with Crippen LogP contribution in [0.15, 0.2) is 35.3 Å². The van der Waals surface area contributed by atoms with Gasteiger partial charge < -0.3 is 4.90 Å². The molecule has 1 aromatic carbocycles. The van der Waals surface area contributed by atoms with Crippen LogP contribution in [0.2, 0.25) is 0 Å². The van der Waals surface area contributed by atoms with Gasteiger partial charge in [0, 0.05) is 13.1 Å². The summed E-state index contributed by atoms with van der Waals surface area (Å²) in [5.41, 5.74) is 1.35. The number of nitrogens with zero attached hydrogens (tertiary/aromatic N) is 4. The molecule has 0 saturated carbocycles. The van der Waals surface area contributed by atoms with E-state index in [0.717, 1.165) is 51.6 Å². The SMILES string of the molecule is CCCC(CCC(C#N)/C(=N/C#N)N1CCCCC1)c1ccccc1. The molecule has 0 aliphatic carbocycles. The minimum Gasteiger partial charge on any atom is -0.358 e. The van der Waals surface area contributed by atoms with Gasteiger partial charge in [-0.2, -0.15) is 15.5 Å². The van der Waals surface area contributed by atoms with Gasteiger partial charge >= 0.3 is 0 Å². The van der Waals surface area contributed by atoms with Crippen molar-refractivity contribution in [3.05, 3.63) is 35.9 Å². The van der Waals surface area contributed by atoms with Crippen molar-refractivity contribution in [2.75, 3.05) is 13.1 Å². The Morgan fingerprint density at radius 3 is 2.40 bits per heavy atom. The quantitative estimate of drug-likeness (QED) is 0.406. The molecule has 4 nitrogen and oxygen atoms in total. The third kappa shape index (κ3) is 5.61. The number of amidine groups is 1. The summed E-state index contributed by atoms with van der Waals surface area (Å²) in [5, 5.41) is 18.8. The van der Waals surface area contributed by atoms with Crippen LogP contribution < -0.4 is 0 Å². The minimum atomic E-state index is -0.291. The molecule has 4 heteroatoms. The molecule has 1 heterocycles. The minimum absolute atomic E-state index is 0.291. The molecule has 1 saturated heterocycles. The molecule has 2 atom stereocenters. The number of piperidine rings is 1. The van der Waals surface area contributed by atoms with Crippen molar-refractivity contribution >= 4 is 5.84 Å². The topological polar surface area (TPSA) is 63.2 Å². The summed E-state index contributed by atoms with van der Waals surface area (Å²) in [5.74, 6) is 0.862. The zero-order valence-corrected chi connectivity index (χ0v) is 15.2. The molecule has 0 radical (unpaired) electrons. The first-order chi connectivity index (χ1) is 12.3. The van der Waals surface area contributed by atoms with Gasteiger partial charge in [-0.05, 0) is 50.0 Å². The molecule has 0 aromatic heterocycles. The first-order valence-electron chi connectivity index (χ1n) is 9.46. The Labute approximate surface area is 151 Å². The highest BCUT2D eigenvalue weighted by Crippen LogP contribution is 2.29. The van der Waals surface area contributed by atoms with E-state index in [9.17, 15) is 5.26 Å². The lowest BCUT2D eigenvalue weighted by Crippen LogP contribution is -2.39. The molecule has 2 rings (SSSR count). The summed E-state index contributed by atoms with van der Waals surface area (Å²) in [6, 6.07) is 13.0. The Morgan fingerprint density at radius 1 is 1.08 bits per heavy atom. The van der Waals surface area contributed by atoms with E-state index in [1.54, 1.807) is 0 Å². The van der Waals surface area contributed by atoms with Gasteiger partial charge in [-0.3, -0.25) is 0 Å². The zero-order chi connectivity index (χ0) is 17.9. The van der Waals surface area contributed by atoms with Crippen molar-refractivity contribution in [2.45, 2.75) is 57.8 Å². The Kier molecular flexibility index (Phi) is 7.99. The lowest BCUT2D eigenvalue weighted by atomic mass is 9.87. The average Bonchev–Trinajstić information content (AvgIpc) is 2.68. The Balaban J connectivity index is 2.07. The normalized spacial score (nSPS) is 17.4.